The van der Waals surface area contributed by atoms with Gasteiger partial charge in [-0.3, -0.25) is 5.32 Å². The van der Waals surface area contributed by atoms with Gasteiger partial charge in [-0.25, -0.2) is 4.79 Å². The van der Waals surface area contributed by atoms with Crippen LogP contribution in [0.2, 0.25) is 10.0 Å². The van der Waals surface area contributed by atoms with Crippen molar-refractivity contribution in [3.8, 4) is 0 Å². The van der Waals surface area contributed by atoms with Gasteiger partial charge in [0.1, 0.15) is 5.54 Å². The predicted octanol–water partition coefficient (Wildman–Crippen LogP) is 3.05. The molecule has 0 aliphatic heterocycles. The molecule has 0 spiro atoms. The summed E-state index contributed by atoms with van der Waals surface area (Å²) >= 11 is 11.9. The van der Waals surface area contributed by atoms with E-state index in [0.29, 0.717) is 15.6 Å². The van der Waals surface area contributed by atoms with Gasteiger partial charge in [-0.2, -0.15) is 0 Å². The van der Waals surface area contributed by atoms with E-state index in [1.165, 1.54) is 0 Å². The lowest BCUT2D eigenvalue weighted by molar-refractivity contribution is -0.144. The first-order valence-electron chi connectivity index (χ1n) is 5.40. The number of carboxylic acid groups (broad SMARTS) is 1. The summed E-state index contributed by atoms with van der Waals surface area (Å²) in [6, 6.07) is 5.14. The van der Waals surface area contributed by atoms with Crippen molar-refractivity contribution in [2.75, 3.05) is 0 Å². The van der Waals surface area contributed by atoms with Gasteiger partial charge in [-0.05, 0) is 31.9 Å². The van der Waals surface area contributed by atoms with Crippen molar-refractivity contribution in [2.45, 2.75) is 31.3 Å². The van der Waals surface area contributed by atoms with Gasteiger partial charge in [-0.15, -0.1) is 0 Å². The van der Waals surface area contributed by atoms with Gasteiger partial charge in [0, 0.05) is 21.7 Å². The average Bonchev–Trinajstić information content (AvgIpc) is 3.00. The fourth-order valence-corrected chi connectivity index (χ4v) is 2.38. The maximum absolute atomic E-state index is 11.5. The van der Waals surface area contributed by atoms with Crippen LogP contribution in [0.1, 0.15) is 25.3 Å². The van der Waals surface area contributed by atoms with Crippen molar-refractivity contribution in [2.24, 2.45) is 0 Å². The molecule has 0 aromatic heterocycles. The van der Waals surface area contributed by atoms with Crippen molar-refractivity contribution in [3.63, 3.8) is 0 Å². The molecule has 1 fully saturated rings. The molecule has 92 valence electrons. The zero-order valence-corrected chi connectivity index (χ0v) is 10.8. The Morgan fingerprint density at radius 2 is 2.12 bits per heavy atom. The second kappa shape index (κ2) is 4.48. The van der Waals surface area contributed by atoms with Gasteiger partial charge in [0.15, 0.2) is 0 Å². The molecule has 2 N–H and O–H groups in total. The van der Waals surface area contributed by atoms with Gasteiger partial charge >= 0.3 is 5.97 Å². The fraction of sp³-hybridized carbons (Fsp3) is 0.417. The Kier molecular flexibility index (Phi) is 3.34. The molecule has 1 aliphatic carbocycles. The van der Waals surface area contributed by atoms with Crippen LogP contribution < -0.4 is 5.32 Å². The lowest BCUT2D eigenvalue weighted by Gasteiger charge is -2.28. The first-order chi connectivity index (χ1) is 7.93. The first-order valence-corrected chi connectivity index (χ1v) is 6.15. The molecule has 2 rings (SSSR count). The summed E-state index contributed by atoms with van der Waals surface area (Å²) in [5, 5.41) is 13.4. The molecule has 0 heterocycles. The molecule has 0 amide bonds. The molecule has 1 aromatic carbocycles. The average molecular weight is 274 g/mol. The third-order valence-electron chi connectivity index (χ3n) is 2.97. The van der Waals surface area contributed by atoms with E-state index in [0.717, 1.165) is 12.8 Å². The number of rotatable bonds is 4. The second-order valence-electron chi connectivity index (χ2n) is 4.47. The van der Waals surface area contributed by atoms with Crippen LogP contribution in [0.15, 0.2) is 18.2 Å². The quantitative estimate of drug-likeness (QED) is 0.887. The molecule has 1 unspecified atom stereocenters. The SMILES string of the molecule is CC(NC1CC1)(C(=O)O)c1ccc(Cl)cc1Cl. The summed E-state index contributed by atoms with van der Waals surface area (Å²) < 4.78 is 0. The molecule has 3 nitrogen and oxygen atoms in total. The lowest BCUT2D eigenvalue weighted by atomic mass is 9.92. The number of carboxylic acids is 1. The van der Waals surface area contributed by atoms with Gasteiger partial charge in [0.05, 0.1) is 0 Å². The summed E-state index contributed by atoms with van der Waals surface area (Å²) in [5.74, 6) is -0.936. The Morgan fingerprint density at radius 1 is 1.47 bits per heavy atom. The molecular weight excluding hydrogens is 261 g/mol. The van der Waals surface area contributed by atoms with Crippen LogP contribution in [0.3, 0.4) is 0 Å². The van der Waals surface area contributed by atoms with E-state index in [2.05, 4.69) is 5.32 Å². The highest BCUT2D eigenvalue weighted by Gasteiger charge is 2.41. The molecule has 1 aromatic rings. The molecule has 1 saturated carbocycles. The van der Waals surface area contributed by atoms with Crippen LogP contribution >= 0.6 is 23.2 Å². The highest BCUT2D eigenvalue weighted by Crippen LogP contribution is 2.34. The monoisotopic (exact) mass is 273 g/mol. The zero-order chi connectivity index (χ0) is 12.6. The minimum Gasteiger partial charge on any atom is -0.480 e. The molecule has 1 atom stereocenters. The number of halogens is 2. The van der Waals surface area contributed by atoms with E-state index < -0.39 is 11.5 Å². The van der Waals surface area contributed by atoms with E-state index >= 15 is 0 Å². The maximum Gasteiger partial charge on any atom is 0.328 e. The van der Waals surface area contributed by atoms with Crippen molar-refractivity contribution >= 4 is 29.2 Å². The summed E-state index contributed by atoms with van der Waals surface area (Å²) in [7, 11) is 0. The number of hydrogen-bond donors (Lipinski definition) is 2. The summed E-state index contributed by atoms with van der Waals surface area (Å²) in [4.78, 5) is 11.5. The van der Waals surface area contributed by atoms with Gasteiger partial charge in [0.25, 0.3) is 0 Å². The minimum absolute atomic E-state index is 0.267. The summed E-state index contributed by atoms with van der Waals surface area (Å²) in [6.45, 7) is 1.63. The molecule has 0 radical (unpaired) electrons. The third-order valence-corrected chi connectivity index (χ3v) is 3.52. The van der Waals surface area contributed by atoms with Crippen molar-refractivity contribution in [1.82, 2.24) is 5.32 Å². The predicted molar refractivity (Wildman–Crippen MR) is 67.6 cm³/mol. The van der Waals surface area contributed by atoms with Crippen LogP contribution in [-0.2, 0) is 10.3 Å². The number of benzene rings is 1. The van der Waals surface area contributed by atoms with Crippen molar-refractivity contribution in [1.29, 1.82) is 0 Å². The van der Waals surface area contributed by atoms with Crippen LogP contribution in [0.5, 0.6) is 0 Å². The van der Waals surface area contributed by atoms with Gasteiger partial charge < -0.3 is 5.11 Å². The van der Waals surface area contributed by atoms with Gasteiger partial charge in [-0.1, -0.05) is 29.3 Å². The fourth-order valence-electron chi connectivity index (χ4n) is 1.79. The number of hydrogen-bond acceptors (Lipinski definition) is 2. The Balaban J connectivity index is 2.40. The van der Waals surface area contributed by atoms with E-state index in [1.54, 1.807) is 25.1 Å². The zero-order valence-electron chi connectivity index (χ0n) is 9.34. The number of aliphatic carboxylic acids is 1. The maximum atomic E-state index is 11.5. The second-order valence-corrected chi connectivity index (χ2v) is 5.32. The normalized spacial score (nSPS) is 18.8. The summed E-state index contributed by atoms with van der Waals surface area (Å²) in [6.07, 6.45) is 2.02. The molecule has 1 aliphatic rings. The van der Waals surface area contributed by atoms with E-state index in [1.807, 2.05) is 0 Å². The standard InChI is InChI=1S/C12H13Cl2NO2/c1-12(11(16)17,15-8-3-4-8)9-5-2-7(13)6-10(9)14/h2,5-6,8,15H,3-4H2,1H3,(H,16,17). The van der Waals surface area contributed by atoms with Gasteiger partial charge in [0.2, 0.25) is 0 Å². The Hall–Kier alpha value is -0.770. The summed E-state index contributed by atoms with van der Waals surface area (Å²) in [5.41, 5.74) is -0.619. The molecule has 5 heteroatoms. The van der Waals surface area contributed by atoms with Crippen molar-refractivity contribution in [3.05, 3.63) is 33.8 Å². The highest BCUT2D eigenvalue weighted by atomic mass is 35.5. The van der Waals surface area contributed by atoms with Crippen LogP contribution in [-0.4, -0.2) is 17.1 Å². The molecular formula is C12H13Cl2NO2. The molecule has 17 heavy (non-hydrogen) atoms. The minimum atomic E-state index is -1.16. The lowest BCUT2D eigenvalue weighted by Crippen LogP contribution is -2.48. The Bertz CT molecular complexity index is 460. The Morgan fingerprint density at radius 3 is 2.59 bits per heavy atom. The smallest absolute Gasteiger partial charge is 0.328 e. The topological polar surface area (TPSA) is 49.3 Å². The van der Waals surface area contributed by atoms with Crippen LogP contribution in [0, 0.1) is 0 Å². The van der Waals surface area contributed by atoms with E-state index in [9.17, 15) is 9.90 Å². The number of carbonyl (C=O) groups is 1. The molecule has 0 saturated heterocycles. The van der Waals surface area contributed by atoms with Crippen molar-refractivity contribution < 1.29 is 9.90 Å². The largest absolute Gasteiger partial charge is 0.480 e. The Labute approximate surface area is 110 Å². The highest BCUT2D eigenvalue weighted by molar-refractivity contribution is 6.35. The molecule has 0 bridgehead atoms. The van der Waals surface area contributed by atoms with E-state index in [4.69, 9.17) is 23.2 Å². The first kappa shape index (κ1) is 12.7. The third kappa shape index (κ3) is 2.57. The number of nitrogens with one attached hydrogen (secondary N) is 1. The van der Waals surface area contributed by atoms with Crippen LogP contribution in [0.4, 0.5) is 0 Å². The van der Waals surface area contributed by atoms with E-state index in [-0.39, 0.29) is 6.04 Å². The van der Waals surface area contributed by atoms with Crippen LogP contribution in [0.25, 0.3) is 0 Å².